The first-order valence-electron chi connectivity index (χ1n) is 6.59. The van der Waals surface area contributed by atoms with E-state index < -0.39 is 0 Å². The van der Waals surface area contributed by atoms with Crippen molar-refractivity contribution in [2.45, 2.75) is 26.9 Å². The maximum atomic E-state index is 11.7. The second-order valence-corrected chi connectivity index (χ2v) is 4.45. The molecule has 0 fully saturated rings. The third-order valence-corrected chi connectivity index (χ3v) is 3.32. The summed E-state index contributed by atoms with van der Waals surface area (Å²) in [4.78, 5) is 16.0. The molecule has 20 heavy (non-hydrogen) atoms. The van der Waals surface area contributed by atoms with E-state index in [2.05, 4.69) is 21.8 Å². The second kappa shape index (κ2) is 6.23. The fourth-order valence-electron chi connectivity index (χ4n) is 2.13. The van der Waals surface area contributed by atoms with Gasteiger partial charge in [-0.3, -0.25) is 0 Å². The van der Waals surface area contributed by atoms with Gasteiger partial charge in [0.25, 0.3) is 0 Å². The number of imidazole rings is 1. The van der Waals surface area contributed by atoms with Crippen LogP contribution in [0.15, 0.2) is 30.6 Å². The highest BCUT2D eigenvalue weighted by molar-refractivity contribution is 5.92. The average molecular weight is 273 g/mol. The number of benzene rings is 1. The van der Waals surface area contributed by atoms with E-state index in [0.29, 0.717) is 12.1 Å². The SMILES string of the molecule is CCn1ccnc1CNc1cccc(C(=O)OC)c1C. The molecule has 1 N–H and O–H groups in total. The van der Waals surface area contributed by atoms with E-state index in [9.17, 15) is 4.79 Å². The van der Waals surface area contributed by atoms with Gasteiger partial charge < -0.3 is 14.6 Å². The number of hydrogen-bond donors (Lipinski definition) is 1. The smallest absolute Gasteiger partial charge is 0.338 e. The number of aryl methyl sites for hydroxylation is 1. The minimum atomic E-state index is -0.318. The Labute approximate surface area is 118 Å². The highest BCUT2D eigenvalue weighted by Crippen LogP contribution is 2.20. The Balaban J connectivity index is 2.16. The molecule has 5 heteroatoms. The molecular formula is C15H19N3O2. The summed E-state index contributed by atoms with van der Waals surface area (Å²) in [7, 11) is 1.39. The van der Waals surface area contributed by atoms with Crippen molar-refractivity contribution < 1.29 is 9.53 Å². The quantitative estimate of drug-likeness (QED) is 0.851. The lowest BCUT2D eigenvalue weighted by molar-refractivity contribution is 0.0600. The molecule has 0 saturated heterocycles. The van der Waals surface area contributed by atoms with Crippen molar-refractivity contribution in [2.75, 3.05) is 12.4 Å². The fourth-order valence-corrected chi connectivity index (χ4v) is 2.13. The first kappa shape index (κ1) is 14.1. The Bertz CT molecular complexity index is 605. The number of anilines is 1. The molecule has 0 aliphatic rings. The van der Waals surface area contributed by atoms with Crippen molar-refractivity contribution in [1.29, 1.82) is 0 Å². The maximum absolute atomic E-state index is 11.7. The summed E-state index contributed by atoms with van der Waals surface area (Å²) < 4.78 is 6.85. The third-order valence-electron chi connectivity index (χ3n) is 3.32. The van der Waals surface area contributed by atoms with Crippen molar-refractivity contribution in [3.8, 4) is 0 Å². The van der Waals surface area contributed by atoms with Gasteiger partial charge >= 0.3 is 5.97 Å². The van der Waals surface area contributed by atoms with Crippen LogP contribution in [0, 0.1) is 6.92 Å². The molecule has 2 aromatic rings. The van der Waals surface area contributed by atoms with Crippen LogP contribution in [0.2, 0.25) is 0 Å². The molecule has 2 rings (SSSR count). The lowest BCUT2D eigenvalue weighted by Crippen LogP contribution is -2.10. The highest BCUT2D eigenvalue weighted by Gasteiger charge is 2.12. The van der Waals surface area contributed by atoms with Gasteiger partial charge in [0.15, 0.2) is 0 Å². The van der Waals surface area contributed by atoms with Crippen LogP contribution in [-0.2, 0) is 17.8 Å². The molecule has 0 aliphatic heterocycles. The van der Waals surface area contributed by atoms with Gasteiger partial charge in [0.1, 0.15) is 5.82 Å². The van der Waals surface area contributed by atoms with Gasteiger partial charge in [0, 0.05) is 24.6 Å². The molecule has 0 radical (unpaired) electrons. The topological polar surface area (TPSA) is 56.2 Å². The summed E-state index contributed by atoms with van der Waals surface area (Å²) in [5.41, 5.74) is 2.38. The van der Waals surface area contributed by atoms with Crippen molar-refractivity contribution in [2.24, 2.45) is 0 Å². The van der Waals surface area contributed by atoms with Gasteiger partial charge in [-0.2, -0.15) is 0 Å². The van der Waals surface area contributed by atoms with Crippen LogP contribution < -0.4 is 5.32 Å². The third kappa shape index (κ3) is 2.82. The summed E-state index contributed by atoms with van der Waals surface area (Å²) in [6.07, 6.45) is 3.74. The molecular weight excluding hydrogens is 254 g/mol. The number of esters is 1. The first-order valence-corrected chi connectivity index (χ1v) is 6.59. The Kier molecular flexibility index (Phi) is 4.40. The Morgan fingerprint density at radius 3 is 2.95 bits per heavy atom. The van der Waals surface area contributed by atoms with Gasteiger partial charge in [-0.05, 0) is 31.5 Å². The van der Waals surface area contributed by atoms with Crippen LogP contribution in [0.5, 0.6) is 0 Å². The Morgan fingerprint density at radius 2 is 2.25 bits per heavy atom. The minimum Gasteiger partial charge on any atom is -0.465 e. The van der Waals surface area contributed by atoms with E-state index in [4.69, 9.17) is 4.74 Å². The van der Waals surface area contributed by atoms with Gasteiger partial charge in [-0.1, -0.05) is 6.07 Å². The molecule has 5 nitrogen and oxygen atoms in total. The van der Waals surface area contributed by atoms with E-state index in [0.717, 1.165) is 23.6 Å². The molecule has 0 unspecified atom stereocenters. The minimum absolute atomic E-state index is 0.318. The number of aromatic nitrogens is 2. The Hall–Kier alpha value is -2.30. The summed E-state index contributed by atoms with van der Waals surface area (Å²) in [6, 6.07) is 5.55. The van der Waals surface area contributed by atoms with E-state index in [-0.39, 0.29) is 5.97 Å². The van der Waals surface area contributed by atoms with Crippen molar-refractivity contribution in [3.05, 3.63) is 47.5 Å². The lowest BCUT2D eigenvalue weighted by atomic mass is 10.1. The van der Waals surface area contributed by atoms with E-state index in [1.54, 1.807) is 12.3 Å². The van der Waals surface area contributed by atoms with Crippen LogP contribution in [0.25, 0.3) is 0 Å². The number of nitrogens with zero attached hydrogens (tertiary/aromatic N) is 2. The second-order valence-electron chi connectivity index (χ2n) is 4.45. The molecule has 106 valence electrons. The van der Waals surface area contributed by atoms with Gasteiger partial charge in [0.2, 0.25) is 0 Å². The fraction of sp³-hybridized carbons (Fsp3) is 0.333. The number of nitrogens with one attached hydrogen (secondary N) is 1. The Morgan fingerprint density at radius 1 is 1.45 bits per heavy atom. The summed E-state index contributed by atoms with van der Waals surface area (Å²) >= 11 is 0. The van der Waals surface area contributed by atoms with Crippen LogP contribution in [-0.4, -0.2) is 22.6 Å². The zero-order valence-electron chi connectivity index (χ0n) is 12.0. The highest BCUT2D eigenvalue weighted by atomic mass is 16.5. The first-order chi connectivity index (χ1) is 9.67. The molecule has 1 aromatic heterocycles. The standard InChI is InChI=1S/C15H19N3O2/c1-4-18-9-8-16-14(18)10-17-13-7-5-6-12(11(13)2)15(19)20-3/h5-9,17H,4,10H2,1-3H3. The van der Waals surface area contributed by atoms with Crippen molar-refractivity contribution in [3.63, 3.8) is 0 Å². The monoisotopic (exact) mass is 273 g/mol. The molecule has 0 bridgehead atoms. The maximum Gasteiger partial charge on any atom is 0.338 e. The number of hydrogen-bond acceptors (Lipinski definition) is 4. The predicted molar refractivity (Wildman–Crippen MR) is 77.7 cm³/mol. The van der Waals surface area contributed by atoms with Crippen LogP contribution >= 0.6 is 0 Å². The number of methoxy groups -OCH3 is 1. The zero-order chi connectivity index (χ0) is 14.5. The molecule has 0 saturated carbocycles. The summed E-state index contributed by atoms with van der Waals surface area (Å²) in [6.45, 7) is 5.49. The molecule has 1 aromatic carbocycles. The molecule has 0 amide bonds. The number of ether oxygens (including phenoxy) is 1. The zero-order valence-corrected chi connectivity index (χ0v) is 12.0. The van der Waals surface area contributed by atoms with Gasteiger partial charge in [-0.15, -0.1) is 0 Å². The lowest BCUT2D eigenvalue weighted by Gasteiger charge is -2.12. The average Bonchev–Trinajstić information content (AvgIpc) is 2.93. The van der Waals surface area contributed by atoms with Crippen molar-refractivity contribution in [1.82, 2.24) is 9.55 Å². The normalized spacial score (nSPS) is 10.3. The van der Waals surface area contributed by atoms with Crippen LogP contribution in [0.4, 0.5) is 5.69 Å². The molecule has 0 aliphatic carbocycles. The van der Waals surface area contributed by atoms with E-state index in [1.807, 2.05) is 25.3 Å². The van der Waals surface area contributed by atoms with Crippen molar-refractivity contribution >= 4 is 11.7 Å². The van der Waals surface area contributed by atoms with Gasteiger partial charge in [-0.25, -0.2) is 9.78 Å². The molecule has 1 heterocycles. The predicted octanol–water partition coefficient (Wildman–Crippen LogP) is 2.61. The molecule has 0 atom stereocenters. The van der Waals surface area contributed by atoms with Gasteiger partial charge in [0.05, 0.1) is 19.2 Å². The van der Waals surface area contributed by atoms with E-state index >= 15 is 0 Å². The summed E-state index contributed by atoms with van der Waals surface area (Å²) in [5, 5.41) is 3.32. The summed E-state index contributed by atoms with van der Waals surface area (Å²) in [5.74, 6) is 0.650. The largest absolute Gasteiger partial charge is 0.465 e. The number of rotatable bonds is 5. The van der Waals surface area contributed by atoms with E-state index in [1.165, 1.54) is 7.11 Å². The van der Waals surface area contributed by atoms with Crippen LogP contribution in [0.3, 0.4) is 0 Å². The molecule has 0 spiro atoms. The van der Waals surface area contributed by atoms with Crippen LogP contribution in [0.1, 0.15) is 28.7 Å². The number of carbonyl (C=O) groups is 1. The number of carbonyl (C=O) groups excluding carboxylic acids is 1.